The van der Waals surface area contributed by atoms with Crippen molar-refractivity contribution in [1.29, 1.82) is 0 Å². The topological polar surface area (TPSA) is 49.4 Å². The Hall–Kier alpha value is -3.11. The van der Waals surface area contributed by atoms with Crippen molar-refractivity contribution in [3.8, 4) is 0 Å². The van der Waals surface area contributed by atoms with E-state index in [9.17, 15) is 9.59 Å². The number of carbonyl (C=O) groups excluding carboxylic acids is 2. The van der Waals surface area contributed by atoms with E-state index >= 15 is 0 Å². The molecule has 1 N–H and O–H groups in total. The number of carbonyl (C=O) groups is 2. The molecule has 3 aromatic rings. The summed E-state index contributed by atoms with van der Waals surface area (Å²) in [4.78, 5) is 27.9. The van der Waals surface area contributed by atoms with Gasteiger partial charge in [0.15, 0.2) is 0 Å². The molecule has 1 heterocycles. The highest BCUT2D eigenvalue weighted by atomic mass is 35.5. The zero-order valence-corrected chi connectivity index (χ0v) is 17.0. The Morgan fingerprint density at radius 1 is 1.00 bits per heavy atom. The van der Waals surface area contributed by atoms with Crippen LogP contribution in [-0.4, -0.2) is 23.3 Å². The van der Waals surface area contributed by atoms with Gasteiger partial charge >= 0.3 is 0 Å². The van der Waals surface area contributed by atoms with E-state index in [1.807, 2.05) is 68.4 Å². The van der Waals surface area contributed by atoms with Crippen LogP contribution in [0, 0.1) is 13.8 Å². The molecule has 4 nitrogen and oxygen atoms in total. The van der Waals surface area contributed by atoms with Crippen LogP contribution in [0.3, 0.4) is 0 Å². The molecule has 146 valence electrons. The molecule has 1 aliphatic heterocycles. The third-order valence-electron chi connectivity index (χ3n) is 5.05. The summed E-state index contributed by atoms with van der Waals surface area (Å²) >= 11 is 6.29. The largest absolute Gasteiger partial charge is 0.324 e. The van der Waals surface area contributed by atoms with Crippen LogP contribution in [-0.2, 0) is 4.79 Å². The molecule has 29 heavy (non-hydrogen) atoms. The van der Waals surface area contributed by atoms with Gasteiger partial charge in [-0.15, -0.1) is 0 Å². The van der Waals surface area contributed by atoms with Gasteiger partial charge < -0.3 is 10.2 Å². The second-order valence-corrected chi connectivity index (χ2v) is 7.84. The smallest absolute Gasteiger partial charge is 0.255 e. The molecule has 5 heteroatoms. The van der Waals surface area contributed by atoms with Gasteiger partial charge in [0.25, 0.3) is 5.91 Å². The van der Waals surface area contributed by atoms with Gasteiger partial charge in [-0.1, -0.05) is 59.1 Å². The zero-order chi connectivity index (χ0) is 20.5. The summed E-state index contributed by atoms with van der Waals surface area (Å²) in [7, 11) is 0. The highest BCUT2D eigenvalue weighted by Gasteiger charge is 2.34. The molecule has 0 fully saturated rings. The summed E-state index contributed by atoms with van der Waals surface area (Å²) in [6, 6.07) is 20.4. The lowest BCUT2D eigenvalue weighted by atomic mass is 9.95. The number of hydrogen-bond donors (Lipinski definition) is 1. The van der Waals surface area contributed by atoms with Crippen molar-refractivity contribution in [3.05, 3.63) is 99.6 Å². The Bertz CT molecular complexity index is 1080. The lowest BCUT2D eigenvalue weighted by Crippen LogP contribution is -2.39. The minimum atomic E-state index is -0.433. The van der Waals surface area contributed by atoms with Gasteiger partial charge in [-0.3, -0.25) is 9.59 Å². The molecule has 2 amide bonds. The predicted octanol–water partition coefficient (Wildman–Crippen LogP) is 5.14. The van der Waals surface area contributed by atoms with Gasteiger partial charge in [0.1, 0.15) is 6.54 Å². The van der Waals surface area contributed by atoms with Crippen LogP contribution >= 0.6 is 11.6 Å². The number of benzene rings is 3. The van der Waals surface area contributed by atoms with Crippen LogP contribution in [0.25, 0.3) is 0 Å². The van der Waals surface area contributed by atoms with Crippen LogP contribution in [0.5, 0.6) is 0 Å². The van der Waals surface area contributed by atoms with Gasteiger partial charge in [-0.05, 0) is 49.7 Å². The Balaban J connectivity index is 1.90. The van der Waals surface area contributed by atoms with Crippen LogP contribution in [0.1, 0.15) is 38.7 Å². The maximum atomic E-state index is 13.6. The van der Waals surface area contributed by atoms with Gasteiger partial charge in [-0.25, -0.2) is 0 Å². The van der Waals surface area contributed by atoms with Crippen molar-refractivity contribution in [3.63, 3.8) is 0 Å². The summed E-state index contributed by atoms with van der Waals surface area (Å²) in [5, 5.41) is 3.47. The fourth-order valence-electron chi connectivity index (χ4n) is 3.93. The minimum absolute atomic E-state index is 0.0440. The number of rotatable bonds is 2. The van der Waals surface area contributed by atoms with Crippen LogP contribution in [0.2, 0.25) is 5.02 Å². The lowest BCUT2D eigenvalue weighted by molar-refractivity contribution is -0.117. The minimum Gasteiger partial charge on any atom is -0.324 e. The number of halogens is 1. The fraction of sp³-hybridized carbons (Fsp3) is 0.167. The standard InChI is InChI=1S/C24H21ClN2O2/c1-15-10-16(2)12-18(11-15)24(29)27-14-22(28)26-21-9-8-19(25)13-20(21)23(27)17-6-4-3-5-7-17/h3-13,23H,14H2,1-2H3,(H,26,28)/t23-/m1/s1. The molecule has 0 saturated heterocycles. The molecular formula is C24H21ClN2O2. The van der Waals surface area contributed by atoms with E-state index in [0.29, 0.717) is 16.3 Å². The number of nitrogens with one attached hydrogen (secondary N) is 1. The number of nitrogens with zero attached hydrogens (tertiary/aromatic N) is 1. The molecule has 3 aromatic carbocycles. The van der Waals surface area contributed by atoms with Crippen molar-refractivity contribution in [2.45, 2.75) is 19.9 Å². The van der Waals surface area contributed by atoms with Crippen molar-refractivity contribution in [2.75, 3.05) is 11.9 Å². The molecule has 0 unspecified atom stereocenters. The van der Waals surface area contributed by atoms with E-state index < -0.39 is 6.04 Å². The Morgan fingerprint density at radius 2 is 1.69 bits per heavy atom. The second-order valence-electron chi connectivity index (χ2n) is 7.40. The first-order valence-corrected chi connectivity index (χ1v) is 9.83. The van der Waals surface area contributed by atoms with Crippen LogP contribution in [0.15, 0.2) is 66.7 Å². The number of fused-ring (bicyclic) bond motifs is 1. The first kappa shape index (κ1) is 19.2. The number of anilines is 1. The first-order chi connectivity index (χ1) is 13.9. The SMILES string of the molecule is Cc1cc(C)cc(C(=O)N2CC(=O)Nc3ccc(Cl)cc3[C@H]2c2ccccc2)c1. The quantitative estimate of drug-likeness (QED) is 0.642. The van der Waals surface area contributed by atoms with E-state index in [1.165, 1.54) is 0 Å². The molecule has 0 spiro atoms. The molecule has 0 saturated carbocycles. The second kappa shape index (κ2) is 7.72. The number of amides is 2. The highest BCUT2D eigenvalue weighted by Crippen LogP contribution is 2.38. The number of hydrogen-bond acceptors (Lipinski definition) is 2. The molecule has 4 rings (SSSR count). The van der Waals surface area contributed by atoms with E-state index in [1.54, 1.807) is 17.0 Å². The van der Waals surface area contributed by atoms with E-state index in [0.717, 1.165) is 22.3 Å². The van der Waals surface area contributed by atoms with Crippen LogP contribution in [0.4, 0.5) is 5.69 Å². The van der Waals surface area contributed by atoms with E-state index in [4.69, 9.17) is 11.6 Å². The molecule has 1 atom stereocenters. The maximum absolute atomic E-state index is 13.6. The third kappa shape index (κ3) is 3.89. The Labute approximate surface area is 175 Å². The monoisotopic (exact) mass is 404 g/mol. The summed E-state index contributed by atoms with van der Waals surface area (Å²) in [6.45, 7) is 3.88. The Kier molecular flexibility index (Phi) is 5.12. The summed E-state index contributed by atoms with van der Waals surface area (Å²) in [6.07, 6.45) is 0. The maximum Gasteiger partial charge on any atom is 0.255 e. The average Bonchev–Trinajstić information content (AvgIpc) is 2.83. The fourth-order valence-corrected chi connectivity index (χ4v) is 4.11. The molecule has 0 bridgehead atoms. The van der Waals surface area contributed by atoms with Gasteiger partial charge in [0.05, 0.1) is 6.04 Å². The van der Waals surface area contributed by atoms with E-state index in [2.05, 4.69) is 5.32 Å². The molecule has 1 aliphatic rings. The van der Waals surface area contributed by atoms with Crippen molar-refractivity contribution < 1.29 is 9.59 Å². The van der Waals surface area contributed by atoms with Crippen molar-refractivity contribution in [2.24, 2.45) is 0 Å². The van der Waals surface area contributed by atoms with Crippen molar-refractivity contribution in [1.82, 2.24) is 4.90 Å². The summed E-state index contributed by atoms with van der Waals surface area (Å²) in [5.41, 5.74) is 4.97. The van der Waals surface area contributed by atoms with Gasteiger partial charge in [0.2, 0.25) is 5.91 Å². The third-order valence-corrected chi connectivity index (χ3v) is 5.29. The lowest BCUT2D eigenvalue weighted by Gasteiger charge is -2.31. The molecular weight excluding hydrogens is 384 g/mol. The Morgan fingerprint density at radius 3 is 2.38 bits per heavy atom. The van der Waals surface area contributed by atoms with Gasteiger partial charge in [-0.2, -0.15) is 0 Å². The molecule has 0 aromatic heterocycles. The first-order valence-electron chi connectivity index (χ1n) is 9.46. The highest BCUT2D eigenvalue weighted by molar-refractivity contribution is 6.30. The van der Waals surface area contributed by atoms with Crippen LogP contribution < -0.4 is 5.32 Å². The normalized spacial score (nSPS) is 16.0. The van der Waals surface area contributed by atoms with Gasteiger partial charge in [0, 0.05) is 21.8 Å². The molecule has 0 aliphatic carbocycles. The zero-order valence-electron chi connectivity index (χ0n) is 16.3. The summed E-state index contributed by atoms with van der Waals surface area (Å²) in [5.74, 6) is -0.418. The van der Waals surface area contributed by atoms with E-state index in [-0.39, 0.29) is 18.4 Å². The predicted molar refractivity (Wildman–Crippen MR) is 115 cm³/mol. The summed E-state index contributed by atoms with van der Waals surface area (Å²) < 4.78 is 0. The number of aryl methyl sites for hydroxylation is 2. The van der Waals surface area contributed by atoms with Crippen molar-refractivity contribution >= 4 is 29.1 Å². The molecule has 0 radical (unpaired) electrons. The average molecular weight is 405 g/mol.